The van der Waals surface area contributed by atoms with Crippen LogP contribution in [0.1, 0.15) is 31.0 Å². The van der Waals surface area contributed by atoms with Crippen molar-refractivity contribution in [3.63, 3.8) is 0 Å². The van der Waals surface area contributed by atoms with E-state index in [0.717, 1.165) is 11.1 Å². The Balaban J connectivity index is 2.84. The molecule has 0 bridgehead atoms. The van der Waals surface area contributed by atoms with Gasteiger partial charge in [-0.1, -0.05) is 24.3 Å². The summed E-state index contributed by atoms with van der Waals surface area (Å²) in [7, 11) is 0. The van der Waals surface area contributed by atoms with Crippen LogP contribution >= 0.6 is 0 Å². The van der Waals surface area contributed by atoms with Crippen LogP contribution in [0.4, 0.5) is 0 Å². The van der Waals surface area contributed by atoms with Crippen LogP contribution in [-0.2, 0) is 9.53 Å². The van der Waals surface area contributed by atoms with E-state index in [-0.39, 0.29) is 12.0 Å². The molecule has 3 nitrogen and oxygen atoms in total. The molecule has 1 aromatic carbocycles. The zero-order chi connectivity index (χ0) is 12.0. The molecule has 0 aromatic heterocycles. The maximum Gasteiger partial charge on any atom is 0.330 e. The SMILES string of the molecule is CCOC(=O)/C=C/c1ccccc1C(C)N. The first-order valence-corrected chi connectivity index (χ1v) is 5.34. The number of esters is 1. The molecule has 0 saturated carbocycles. The van der Waals surface area contributed by atoms with Crippen molar-refractivity contribution in [1.82, 2.24) is 0 Å². The van der Waals surface area contributed by atoms with E-state index in [2.05, 4.69) is 0 Å². The predicted octanol–water partition coefficient (Wildman–Crippen LogP) is 2.28. The first kappa shape index (κ1) is 12.5. The molecule has 0 aliphatic heterocycles. The minimum atomic E-state index is -0.332. The van der Waals surface area contributed by atoms with E-state index in [0.29, 0.717) is 6.61 Å². The molecular formula is C13H17NO2. The molecule has 16 heavy (non-hydrogen) atoms. The van der Waals surface area contributed by atoms with Gasteiger partial charge in [0.25, 0.3) is 0 Å². The summed E-state index contributed by atoms with van der Waals surface area (Å²) >= 11 is 0. The van der Waals surface area contributed by atoms with Crippen LogP contribution in [0.2, 0.25) is 0 Å². The van der Waals surface area contributed by atoms with Crippen molar-refractivity contribution in [3.05, 3.63) is 41.5 Å². The molecule has 1 aromatic rings. The fraction of sp³-hybridized carbons (Fsp3) is 0.308. The predicted molar refractivity (Wildman–Crippen MR) is 64.7 cm³/mol. The third kappa shape index (κ3) is 3.51. The van der Waals surface area contributed by atoms with Crippen molar-refractivity contribution >= 4 is 12.0 Å². The molecule has 0 heterocycles. The Morgan fingerprint density at radius 2 is 2.19 bits per heavy atom. The second-order valence-electron chi connectivity index (χ2n) is 3.50. The quantitative estimate of drug-likeness (QED) is 0.624. The molecule has 1 unspecified atom stereocenters. The van der Waals surface area contributed by atoms with Gasteiger partial charge < -0.3 is 10.5 Å². The molecule has 1 rings (SSSR count). The number of hydrogen-bond acceptors (Lipinski definition) is 3. The van der Waals surface area contributed by atoms with Crippen molar-refractivity contribution < 1.29 is 9.53 Å². The topological polar surface area (TPSA) is 52.3 Å². The Labute approximate surface area is 95.9 Å². The second kappa shape index (κ2) is 6.08. The highest BCUT2D eigenvalue weighted by molar-refractivity contribution is 5.87. The molecule has 0 radical (unpaired) electrons. The summed E-state index contributed by atoms with van der Waals surface area (Å²) in [6, 6.07) is 7.67. The summed E-state index contributed by atoms with van der Waals surface area (Å²) in [5.41, 5.74) is 7.80. The van der Waals surface area contributed by atoms with Gasteiger partial charge >= 0.3 is 5.97 Å². The number of ether oxygens (including phenoxy) is 1. The lowest BCUT2D eigenvalue weighted by molar-refractivity contribution is -0.137. The van der Waals surface area contributed by atoms with E-state index < -0.39 is 0 Å². The standard InChI is InChI=1S/C13H17NO2/c1-3-16-13(15)9-8-11-6-4-5-7-12(11)10(2)14/h4-10H,3,14H2,1-2H3/b9-8+. The summed E-state index contributed by atoms with van der Waals surface area (Å²) in [6.07, 6.45) is 3.15. The van der Waals surface area contributed by atoms with Gasteiger partial charge in [-0.05, 0) is 31.1 Å². The number of carbonyl (C=O) groups excluding carboxylic acids is 1. The smallest absolute Gasteiger partial charge is 0.330 e. The molecule has 86 valence electrons. The highest BCUT2D eigenvalue weighted by Crippen LogP contribution is 2.16. The largest absolute Gasteiger partial charge is 0.463 e. The molecule has 2 N–H and O–H groups in total. The number of hydrogen-bond donors (Lipinski definition) is 1. The second-order valence-corrected chi connectivity index (χ2v) is 3.50. The fourth-order valence-corrected chi connectivity index (χ4v) is 1.43. The van der Waals surface area contributed by atoms with E-state index in [4.69, 9.17) is 10.5 Å². The minimum Gasteiger partial charge on any atom is -0.463 e. The van der Waals surface area contributed by atoms with Crippen LogP contribution in [0.5, 0.6) is 0 Å². The van der Waals surface area contributed by atoms with E-state index in [1.165, 1.54) is 6.08 Å². The monoisotopic (exact) mass is 219 g/mol. The normalized spacial score (nSPS) is 12.7. The average molecular weight is 219 g/mol. The van der Waals surface area contributed by atoms with E-state index in [1.807, 2.05) is 31.2 Å². The van der Waals surface area contributed by atoms with Crippen molar-refractivity contribution in [2.75, 3.05) is 6.61 Å². The van der Waals surface area contributed by atoms with Gasteiger partial charge in [-0.3, -0.25) is 0 Å². The Morgan fingerprint density at radius 3 is 2.81 bits per heavy atom. The first-order chi connectivity index (χ1) is 7.65. The van der Waals surface area contributed by atoms with E-state index in [9.17, 15) is 4.79 Å². The third-order valence-corrected chi connectivity index (χ3v) is 2.17. The van der Waals surface area contributed by atoms with Gasteiger partial charge in [0, 0.05) is 12.1 Å². The van der Waals surface area contributed by atoms with Gasteiger partial charge in [0.15, 0.2) is 0 Å². The van der Waals surface area contributed by atoms with Crippen LogP contribution in [0, 0.1) is 0 Å². The first-order valence-electron chi connectivity index (χ1n) is 5.34. The fourth-order valence-electron chi connectivity index (χ4n) is 1.43. The lowest BCUT2D eigenvalue weighted by Crippen LogP contribution is -2.06. The van der Waals surface area contributed by atoms with Crippen molar-refractivity contribution in [3.8, 4) is 0 Å². The Hall–Kier alpha value is -1.61. The van der Waals surface area contributed by atoms with Crippen molar-refractivity contribution in [2.24, 2.45) is 5.73 Å². The summed E-state index contributed by atoms with van der Waals surface area (Å²) < 4.78 is 4.81. The van der Waals surface area contributed by atoms with Crippen molar-refractivity contribution in [2.45, 2.75) is 19.9 Å². The Kier molecular flexibility index (Phi) is 4.73. The van der Waals surface area contributed by atoms with Crippen molar-refractivity contribution in [1.29, 1.82) is 0 Å². The molecule has 3 heteroatoms. The molecule has 0 aliphatic carbocycles. The molecule has 0 aliphatic rings. The molecule has 0 saturated heterocycles. The molecule has 0 fully saturated rings. The Bertz CT molecular complexity index is 383. The van der Waals surface area contributed by atoms with Gasteiger partial charge in [-0.2, -0.15) is 0 Å². The maximum atomic E-state index is 11.2. The molecular weight excluding hydrogens is 202 g/mol. The van der Waals surface area contributed by atoms with Crippen LogP contribution in [0.25, 0.3) is 6.08 Å². The van der Waals surface area contributed by atoms with Gasteiger partial charge in [0.2, 0.25) is 0 Å². The summed E-state index contributed by atoms with van der Waals surface area (Å²) in [5.74, 6) is -0.332. The maximum absolute atomic E-state index is 11.2. The minimum absolute atomic E-state index is 0.0527. The van der Waals surface area contributed by atoms with Crippen LogP contribution in [0.3, 0.4) is 0 Å². The van der Waals surface area contributed by atoms with Gasteiger partial charge in [0.05, 0.1) is 6.61 Å². The zero-order valence-corrected chi connectivity index (χ0v) is 9.64. The van der Waals surface area contributed by atoms with Crippen LogP contribution < -0.4 is 5.73 Å². The van der Waals surface area contributed by atoms with Gasteiger partial charge in [-0.25, -0.2) is 4.79 Å². The lowest BCUT2D eigenvalue weighted by Gasteiger charge is -2.08. The number of nitrogens with two attached hydrogens (primary N) is 1. The van der Waals surface area contributed by atoms with Crippen LogP contribution in [0.15, 0.2) is 30.3 Å². The van der Waals surface area contributed by atoms with Gasteiger partial charge in [0.1, 0.15) is 0 Å². The number of benzene rings is 1. The third-order valence-electron chi connectivity index (χ3n) is 2.17. The molecule has 0 amide bonds. The zero-order valence-electron chi connectivity index (χ0n) is 9.64. The Morgan fingerprint density at radius 1 is 1.50 bits per heavy atom. The molecule has 0 spiro atoms. The van der Waals surface area contributed by atoms with E-state index >= 15 is 0 Å². The molecule has 1 atom stereocenters. The summed E-state index contributed by atoms with van der Waals surface area (Å²) in [4.78, 5) is 11.2. The summed E-state index contributed by atoms with van der Waals surface area (Å²) in [5, 5.41) is 0. The highest BCUT2D eigenvalue weighted by Gasteiger charge is 2.03. The lowest BCUT2D eigenvalue weighted by atomic mass is 10.0. The van der Waals surface area contributed by atoms with E-state index in [1.54, 1.807) is 13.0 Å². The highest BCUT2D eigenvalue weighted by atomic mass is 16.5. The average Bonchev–Trinajstić information content (AvgIpc) is 2.27. The summed E-state index contributed by atoms with van der Waals surface area (Å²) in [6.45, 7) is 4.08. The van der Waals surface area contributed by atoms with Gasteiger partial charge in [-0.15, -0.1) is 0 Å². The number of carbonyl (C=O) groups is 1. The number of rotatable bonds is 4. The van der Waals surface area contributed by atoms with Crippen LogP contribution in [-0.4, -0.2) is 12.6 Å².